The van der Waals surface area contributed by atoms with E-state index in [1.165, 1.54) is 9.80 Å². The smallest absolute Gasteiger partial charge is 0.250 e. The van der Waals surface area contributed by atoms with Crippen LogP contribution in [0.5, 0.6) is 11.5 Å². The lowest BCUT2D eigenvalue weighted by Gasteiger charge is -2.48. The van der Waals surface area contributed by atoms with Crippen LogP contribution in [0.15, 0.2) is 96.9 Å². The molecule has 0 bridgehead atoms. The van der Waals surface area contributed by atoms with Crippen molar-refractivity contribution in [3.63, 3.8) is 0 Å². The van der Waals surface area contributed by atoms with E-state index in [4.69, 9.17) is 9.47 Å². The van der Waals surface area contributed by atoms with Crippen LogP contribution < -0.4 is 9.47 Å². The number of aliphatic hydroxyl groups is 2. The van der Waals surface area contributed by atoms with Gasteiger partial charge in [0.1, 0.15) is 11.5 Å². The maximum atomic E-state index is 14.0. The van der Waals surface area contributed by atoms with Crippen LogP contribution in [0.1, 0.15) is 97.1 Å². The second-order valence-corrected chi connectivity index (χ2v) is 18.6. The second kappa shape index (κ2) is 20.5. The molecular weight excluding hydrogens is 943 g/mol. The third-order valence-corrected chi connectivity index (χ3v) is 14.0. The summed E-state index contributed by atoms with van der Waals surface area (Å²) < 4.78 is 98.0. The molecule has 0 spiro atoms. The van der Waals surface area contributed by atoms with Gasteiger partial charge in [0.2, 0.25) is 0 Å². The van der Waals surface area contributed by atoms with E-state index in [1.807, 2.05) is 71.8 Å². The highest BCUT2D eigenvalue weighted by Crippen LogP contribution is 2.44. The Kier molecular flexibility index (Phi) is 14.2. The van der Waals surface area contributed by atoms with Crippen LogP contribution in [-0.4, -0.2) is 89.4 Å². The van der Waals surface area contributed by atoms with E-state index in [1.54, 1.807) is 39.0 Å². The highest BCUT2D eigenvalue weighted by atomic mass is 19.2. The molecule has 6 atom stereocenters. The molecule has 2 aromatic heterocycles. The second-order valence-electron chi connectivity index (χ2n) is 18.6. The lowest BCUT2D eigenvalue weighted by molar-refractivity contribution is -0.143. The molecule has 4 aliphatic rings. The van der Waals surface area contributed by atoms with Gasteiger partial charge in [-0.3, -0.25) is 9.59 Å². The number of aliphatic hydroxyl groups excluding tert-OH is 2. The summed E-state index contributed by atoms with van der Waals surface area (Å²) in [5, 5.41) is 21.5. The molecule has 10 rings (SSSR count). The van der Waals surface area contributed by atoms with Gasteiger partial charge in [-0.05, 0) is 148 Å². The van der Waals surface area contributed by atoms with Gasteiger partial charge in [-0.1, -0.05) is 12.1 Å². The minimum atomic E-state index is -1.57. The molecule has 4 aliphatic heterocycles. The quantitative estimate of drug-likeness (QED) is 0.0875. The first-order valence-electron chi connectivity index (χ1n) is 23.6. The number of nitrogens with zero attached hydrogens (tertiary/aromatic N) is 6. The summed E-state index contributed by atoms with van der Waals surface area (Å²) in [4.78, 5) is 38.7. The number of benzene rings is 4. The third-order valence-electron chi connectivity index (χ3n) is 14.0. The number of hydrogen-bond acceptors (Lipinski definition) is 8. The fourth-order valence-corrected chi connectivity index (χ4v) is 10.5. The van der Waals surface area contributed by atoms with Gasteiger partial charge in [0, 0.05) is 35.6 Å². The zero-order valence-electron chi connectivity index (χ0n) is 39.8. The average Bonchev–Trinajstić information content (AvgIpc) is 4.01. The van der Waals surface area contributed by atoms with E-state index < -0.39 is 59.2 Å². The molecule has 0 saturated carbocycles. The summed E-state index contributed by atoms with van der Waals surface area (Å²) in [5.74, 6) is -7.96. The maximum Gasteiger partial charge on any atom is 0.250 e. The summed E-state index contributed by atoms with van der Waals surface area (Å²) >= 11 is 0. The average molecular weight is 995 g/mol. The van der Waals surface area contributed by atoms with Crippen molar-refractivity contribution in [2.75, 3.05) is 14.2 Å². The molecule has 18 heteroatoms. The van der Waals surface area contributed by atoms with Crippen molar-refractivity contribution in [2.45, 2.75) is 102 Å². The Hall–Kier alpha value is -7.18. The van der Waals surface area contributed by atoms with Gasteiger partial charge in [-0.15, -0.1) is 0 Å². The van der Waals surface area contributed by atoms with Crippen LogP contribution in [0.25, 0.3) is 23.5 Å². The molecule has 12 nitrogen and oxygen atoms in total. The Labute approximate surface area is 411 Å². The number of carbonyl (C=O) groups is 2. The van der Waals surface area contributed by atoms with E-state index >= 15 is 0 Å². The molecular formula is C54H52F6N6O6. The van der Waals surface area contributed by atoms with Crippen molar-refractivity contribution < 1.29 is 55.6 Å². The fourth-order valence-electron chi connectivity index (χ4n) is 10.5. The largest absolute Gasteiger partial charge is 0.495 e. The highest BCUT2D eigenvalue weighted by molar-refractivity contribution is 6.00. The molecule has 6 heterocycles. The number of carbonyl (C=O) groups excluding carboxylic acids is 2. The molecule has 72 heavy (non-hydrogen) atoms. The number of hydrogen-bond donors (Lipinski definition) is 2. The standard InChI is InChI=1S/2C27H26F3N3O3/c2*1-15-13-32(14-31-15)22-7-3-16(10-24(22)36-2)9-17-4-5-19-6-8-23(34)26(33(19)27(17)35)18-11-20(28)25(30)21(29)12-18/h2*3,7,9-14,19,23,26,34H,4-6,8H2,1-2H3/b2*17-9+/t2*19-,23-,26-/m10/s1. The van der Waals surface area contributed by atoms with Crippen molar-refractivity contribution in [1.82, 2.24) is 28.9 Å². The number of halogens is 6. The van der Waals surface area contributed by atoms with Crippen molar-refractivity contribution in [1.29, 1.82) is 0 Å². The summed E-state index contributed by atoms with van der Waals surface area (Å²) in [5.41, 5.74) is 5.95. The van der Waals surface area contributed by atoms with Gasteiger partial charge in [0.05, 0.1) is 73.9 Å². The minimum Gasteiger partial charge on any atom is -0.495 e. The number of piperidine rings is 4. The highest BCUT2D eigenvalue weighted by Gasteiger charge is 2.45. The number of methoxy groups -OCH3 is 2. The van der Waals surface area contributed by atoms with E-state index in [-0.39, 0.29) is 35.0 Å². The molecule has 0 radical (unpaired) electrons. The number of imidazole rings is 2. The number of amides is 2. The number of aromatic nitrogens is 4. The van der Waals surface area contributed by atoms with E-state index in [9.17, 15) is 46.1 Å². The van der Waals surface area contributed by atoms with Gasteiger partial charge >= 0.3 is 0 Å². The topological polar surface area (TPSA) is 135 Å². The van der Waals surface area contributed by atoms with Gasteiger partial charge in [-0.25, -0.2) is 36.3 Å². The summed E-state index contributed by atoms with van der Waals surface area (Å²) in [6.07, 6.45) is 12.9. The van der Waals surface area contributed by atoms with Crippen molar-refractivity contribution in [3.8, 4) is 22.9 Å². The van der Waals surface area contributed by atoms with Crippen LogP contribution in [0.4, 0.5) is 26.3 Å². The molecule has 4 fully saturated rings. The van der Waals surface area contributed by atoms with Crippen LogP contribution in [0.3, 0.4) is 0 Å². The SMILES string of the molecule is COc1cc(/C=C2\CC[C@@H]3CC[C@@H](O)[C@@H](c4cc(F)c(F)c(F)c4)N3C2=O)ccc1-n1cnc(C)c1.COc1cc(/C=C2\CC[C@H]3CC[C@H](O)[C@H](c4cc(F)c(F)c(F)c4)N3C2=O)ccc1-n1cnc(C)c1. The Bertz CT molecular complexity index is 2870. The van der Waals surface area contributed by atoms with E-state index in [2.05, 4.69) is 9.97 Å². The Morgan fingerprint density at radius 3 is 1.26 bits per heavy atom. The zero-order chi connectivity index (χ0) is 51.1. The lowest BCUT2D eigenvalue weighted by Crippen LogP contribution is -2.53. The van der Waals surface area contributed by atoms with E-state index in [0.29, 0.717) is 74.0 Å². The number of fused-ring (bicyclic) bond motifs is 2. The van der Waals surface area contributed by atoms with Crippen LogP contribution in [0.2, 0.25) is 0 Å². The van der Waals surface area contributed by atoms with Crippen molar-refractivity contribution in [2.24, 2.45) is 0 Å². The lowest BCUT2D eigenvalue weighted by atomic mass is 9.82. The minimum absolute atomic E-state index is 0.0415. The first kappa shape index (κ1) is 49.8. The zero-order valence-corrected chi connectivity index (χ0v) is 39.8. The molecule has 6 aromatic rings. The van der Waals surface area contributed by atoms with Crippen molar-refractivity contribution >= 4 is 24.0 Å². The van der Waals surface area contributed by atoms with Crippen LogP contribution in [-0.2, 0) is 9.59 Å². The number of aryl methyl sites for hydroxylation is 2. The first-order valence-corrected chi connectivity index (χ1v) is 23.6. The molecule has 4 saturated heterocycles. The summed E-state index contributed by atoms with van der Waals surface area (Å²) in [6.45, 7) is 3.78. The normalized spacial score (nSPS) is 23.2. The molecule has 2 N–H and O–H groups in total. The Morgan fingerprint density at radius 2 is 0.931 bits per heavy atom. The predicted octanol–water partition coefficient (Wildman–Crippen LogP) is 9.75. The van der Waals surface area contributed by atoms with Gasteiger partial charge in [-0.2, -0.15) is 0 Å². The van der Waals surface area contributed by atoms with Crippen molar-refractivity contribution in [3.05, 3.63) is 165 Å². The summed E-state index contributed by atoms with van der Waals surface area (Å²) in [7, 11) is 3.13. The van der Waals surface area contributed by atoms with E-state index in [0.717, 1.165) is 58.2 Å². The molecule has 0 aliphatic carbocycles. The number of rotatable bonds is 8. The monoisotopic (exact) mass is 994 g/mol. The number of ether oxygens (including phenoxy) is 2. The predicted molar refractivity (Wildman–Crippen MR) is 254 cm³/mol. The molecule has 376 valence electrons. The summed E-state index contributed by atoms with van der Waals surface area (Å²) in [6, 6.07) is 12.3. The first-order chi connectivity index (χ1) is 34.5. The van der Waals surface area contributed by atoms with Gasteiger partial charge in [0.25, 0.3) is 11.8 Å². The maximum absolute atomic E-state index is 14.0. The fraction of sp³-hybridized carbons (Fsp3) is 0.333. The Morgan fingerprint density at radius 1 is 0.556 bits per heavy atom. The van der Waals surface area contributed by atoms with Gasteiger partial charge < -0.3 is 38.6 Å². The molecule has 0 unspecified atom stereocenters. The Balaban J connectivity index is 0.000000178. The molecule has 2 amide bonds. The molecule has 4 aromatic carbocycles. The van der Waals surface area contributed by atoms with Crippen LogP contribution >= 0.6 is 0 Å². The van der Waals surface area contributed by atoms with Crippen LogP contribution in [0, 0.1) is 48.8 Å². The van der Waals surface area contributed by atoms with Gasteiger partial charge in [0.15, 0.2) is 34.9 Å². The third kappa shape index (κ3) is 9.76.